The van der Waals surface area contributed by atoms with Gasteiger partial charge in [0.2, 0.25) is 0 Å². The summed E-state index contributed by atoms with van der Waals surface area (Å²) < 4.78 is 0. The Morgan fingerprint density at radius 3 is 2.46 bits per heavy atom. The number of piperidine rings is 3. The minimum absolute atomic E-state index is 0.329. The first-order chi connectivity index (χ1) is 12.5. The van der Waals surface area contributed by atoms with Crippen molar-refractivity contribution in [3.8, 4) is 0 Å². The SMILES string of the molecule is C=C(C)/C=C\C(=C/C)CCC(O)(c1ccccc1)C1CN2CCC1CC2. The molecule has 140 valence electrons. The summed E-state index contributed by atoms with van der Waals surface area (Å²) in [6, 6.07) is 10.4. The van der Waals surface area contributed by atoms with Crippen LogP contribution >= 0.6 is 0 Å². The second-order valence-corrected chi connectivity index (χ2v) is 8.08. The molecule has 3 fully saturated rings. The van der Waals surface area contributed by atoms with Crippen LogP contribution in [0.1, 0.15) is 45.1 Å². The third-order valence-electron chi connectivity index (χ3n) is 6.29. The molecule has 2 bridgehead atoms. The fourth-order valence-corrected chi connectivity index (χ4v) is 4.68. The summed E-state index contributed by atoms with van der Waals surface area (Å²) >= 11 is 0. The standard InChI is InChI=1S/C24H33NO/c1-4-20(11-10-19(2)3)12-15-24(26,22-8-6-5-7-9-22)23-18-25-16-13-21(23)14-17-25/h4-11,21,23,26H,2,12-18H2,1,3H3/b11-10-,20-4+. The quantitative estimate of drug-likeness (QED) is 0.693. The van der Waals surface area contributed by atoms with Crippen LogP contribution in [0.15, 0.2) is 66.3 Å². The van der Waals surface area contributed by atoms with E-state index in [0.29, 0.717) is 11.8 Å². The second kappa shape index (κ2) is 8.37. The highest BCUT2D eigenvalue weighted by atomic mass is 16.3. The van der Waals surface area contributed by atoms with Gasteiger partial charge in [0.05, 0.1) is 5.60 Å². The minimum atomic E-state index is -0.754. The predicted octanol–water partition coefficient (Wildman–Crippen LogP) is 5.07. The Morgan fingerprint density at radius 2 is 1.92 bits per heavy atom. The summed E-state index contributed by atoms with van der Waals surface area (Å²) in [5.74, 6) is 0.973. The van der Waals surface area contributed by atoms with Gasteiger partial charge in [0.15, 0.2) is 0 Å². The van der Waals surface area contributed by atoms with E-state index in [-0.39, 0.29) is 0 Å². The Balaban J connectivity index is 1.83. The zero-order valence-electron chi connectivity index (χ0n) is 16.3. The van der Waals surface area contributed by atoms with Gasteiger partial charge in [0, 0.05) is 12.5 Å². The van der Waals surface area contributed by atoms with Gasteiger partial charge in [0.1, 0.15) is 0 Å². The molecule has 2 nitrogen and oxygen atoms in total. The van der Waals surface area contributed by atoms with Crippen molar-refractivity contribution in [1.82, 2.24) is 4.90 Å². The highest BCUT2D eigenvalue weighted by Crippen LogP contribution is 2.46. The number of benzene rings is 1. The fourth-order valence-electron chi connectivity index (χ4n) is 4.68. The Labute approximate surface area is 158 Å². The van der Waals surface area contributed by atoms with Crippen LogP contribution in [-0.4, -0.2) is 29.6 Å². The molecule has 2 unspecified atom stereocenters. The molecule has 1 aromatic rings. The fraction of sp³-hybridized carbons (Fsp3) is 0.500. The molecule has 26 heavy (non-hydrogen) atoms. The van der Waals surface area contributed by atoms with Crippen molar-refractivity contribution in [2.45, 2.75) is 45.1 Å². The van der Waals surface area contributed by atoms with Crippen LogP contribution in [0.4, 0.5) is 0 Å². The predicted molar refractivity (Wildman–Crippen MR) is 110 cm³/mol. The van der Waals surface area contributed by atoms with Gasteiger partial charge in [-0.2, -0.15) is 0 Å². The summed E-state index contributed by atoms with van der Waals surface area (Å²) in [7, 11) is 0. The monoisotopic (exact) mass is 351 g/mol. The highest BCUT2D eigenvalue weighted by Gasteiger charge is 2.47. The molecule has 0 aromatic heterocycles. The zero-order chi connectivity index (χ0) is 18.6. The maximum absolute atomic E-state index is 12.0. The smallest absolute Gasteiger partial charge is 0.0942 e. The third kappa shape index (κ3) is 4.19. The van der Waals surface area contributed by atoms with E-state index in [1.807, 2.05) is 13.0 Å². The number of hydrogen-bond acceptors (Lipinski definition) is 2. The minimum Gasteiger partial charge on any atom is -0.385 e. The molecular weight excluding hydrogens is 318 g/mol. The largest absolute Gasteiger partial charge is 0.385 e. The first-order valence-corrected chi connectivity index (χ1v) is 10.0. The summed E-state index contributed by atoms with van der Waals surface area (Å²) in [5, 5.41) is 12.0. The van der Waals surface area contributed by atoms with Crippen molar-refractivity contribution in [3.63, 3.8) is 0 Å². The van der Waals surface area contributed by atoms with E-state index < -0.39 is 5.60 Å². The van der Waals surface area contributed by atoms with Gasteiger partial charge in [-0.1, -0.05) is 66.3 Å². The van der Waals surface area contributed by atoms with Crippen molar-refractivity contribution in [1.29, 1.82) is 0 Å². The van der Waals surface area contributed by atoms with Crippen LogP contribution in [0.3, 0.4) is 0 Å². The van der Waals surface area contributed by atoms with Gasteiger partial charge in [-0.25, -0.2) is 0 Å². The summed E-state index contributed by atoms with van der Waals surface area (Å²) in [5.41, 5.74) is 2.65. The van der Waals surface area contributed by atoms with Crippen LogP contribution in [-0.2, 0) is 5.60 Å². The van der Waals surface area contributed by atoms with E-state index in [2.05, 4.69) is 60.9 Å². The topological polar surface area (TPSA) is 23.5 Å². The van der Waals surface area contributed by atoms with Gasteiger partial charge in [0.25, 0.3) is 0 Å². The Kier molecular flexibility index (Phi) is 6.16. The molecule has 3 aliphatic heterocycles. The molecule has 0 aliphatic carbocycles. The lowest BCUT2D eigenvalue weighted by Gasteiger charge is -2.51. The Morgan fingerprint density at radius 1 is 1.23 bits per heavy atom. The molecule has 0 radical (unpaired) electrons. The van der Waals surface area contributed by atoms with Crippen molar-refractivity contribution in [2.24, 2.45) is 11.8 Å². The molecular formula is C24H33NO. The number of hydrogen-bond donors (Lipinski definition) is 1. The number of aliphatic hydroxyl groups is 1. The van der Waals surface area contributed by atoms with Crippen LogP contribution in [0.5, 0.6) is 0 Å². The van der Waals surface area contributed by atoms with E-state index in [9.17, 15) is 5.11 Å². The van der Waals surface area contributed by atoms with Crippen LogP contribution in [0, 0.1) is 11.8 Å². The van der Waals surface area contributed by atoms with E-state index in [4.69, 9.17) is 0 Å². The maximum atomic E-state index is 12.0. The molecule has 3 heterocycles. The van der Waals surface area contributed by atoms with Gasteiger partial charge >= 0.3 is 0 Å². The van der Waals surface area contributed by atoms with Crippen molar-refractivity contribution in [2.75, 3.05) is 19.6 Å². The van der Waals surface area contributed by atoms with Crippen LogP contribution in [0.25, 0.3) is 0 Å². The Bertz CT molecular complexity index is 667. The van der Waals surface area contributed by atoms with Crippen molar-refractivity contribution in [3.05, 3.63) is 71.8 Å². The zero-order valence-corrected chi connectivity index (χ0v) is 16.3. The summed E-state index contributed by atoms with van der Waals surface area (Å²) in [6.45, 7) is 11.5. The van der Waals surface area contributed by atoms with Crippen LogP contribution in [0.2, 0.25) is 0 Å². The molecule has 0 saturated carbocycles. The third-order valence-corrected chi connectivity index (χ3v) is 6.29. The van der Waals surface area contributed by atoms with Crippen LogP contribution < -0.4 is 0 Å². The molecule has 0 spiro atoms. The lowest BCUT2D eigenvalue weighted by molar-refractivity contribution is -0.106. The molecule has 2 heteroatoms. The van der Waals surface area contributed by atoms with Crippen molar-refractivity contribution >= 4 is 0 Å². The molecule has 0 amide bonds. The maximum Gasteiger partial charge on any atom is 0.0942 e. The van der Waals surface area contributed by atoms with Gasteiger partial charge in [-0.05, 0) is 64.1 Å². The molecule has 1 aromatic carbocycles. The number of allylic oxidation sites excluding steroid dienone is 5. The molecule has 3 saturated heterocycles. The highest BCUT2D eigenvalue weighted by molar-refractivity contribution is 5.28. The van der Waals surface area contributed by atoms with Gasteiger partial charge in [-0.15, -0.1) is 0 Å². The van der Waals surface area contributed by atoms with E-state index in [0.717, 1.165) is 30.5 Å². The number of rotatable bonds is 7. The average molecular weight is 352 g/mol. The van der Waals surface area contributed by atoms with E-state index >= 15 is 0 Å². The average Bonchev–Trinajstić information content (AvgIpc) is 2.69. The molecule has 3 aliphatic rings. The lowest BCUT2D eigenvalue weighted by atomic mass is 9.66. The van der Waals surface area contributed by atoms with E-state index in [1.165, 1.54) is 31.5 Å². The number of fused-ring (bicyclic) bond motifs is 3. The molecule has 2 atom stereocenters. The summed E-state index contributed by atoms with van der Waals surface area (Å²) in [6.07, 6.45) is 10.5. The van der Waals surface area contributed by atoms with E-state index in [1.54, 1.807) is 0 Å². The van der Waals surface area contributed by atoms with Crippen molar-refractivity contribution < 1.29 is 5.11 Å². The molecule has 1 N–H and O–H groups in total. The Hall–Kier alpha value is -1.64. The second-order valence-electron chi connectivity index (χ2n) is 8.08. The summed E-state index contributed by atoms with van der Waals surface area (Å²) in [4.78, 5) is 2.54. The van der Waals surface area contributed by atoms with Gasteiger partial charge in [-0.3, -0.25) is 0 Å². The number of nitrogens with zero attached hydrogens (tertiary/aromatic N) is 1. The first-order valence-electron chi connectivity index (χ1n) is 10.0. The lowest BCUT2D eigenvalue weighted by Crippen LogP contribution is -2.55. The first kappa shape index (κ1) is 19.1. The normalized spacial score (nSPS) is 28.3. The molecule has 4 rings (SSSR count). The van der Waals surface area contributed by atoms with Gasteiger partial charge < -0.3 is 10.0 Å².